The Balaban J connectivity index is 1.61. The van der Waals surface area contributed by atoms with E-state index in [0.29, 0.717) is 24.3 Å². The quantitative estimate of drug-likeness (QED) is 0.245. The highest BCUT2D eigenvalue weighted by Gasteiger charge is 2.16. The molecule has 0 spiro atoms. The first kappa shape index (κ1) is 23.6. The van der Waals surface area contributed by atoms with Crippen molar-refractivity contribution in [1.82, 2.24) is 0 Å². The minimum absolute atomic E-state index is 0.303. The van der Waals surface area contributed by atoms with Crippen LogP contribution in [-0.4, -0.2) is 56.8 Å². The van der Waals surface area contributed by atoms with Gasteiger partial charge in [-0.3, -0.25) is 0 Å². The molecule has 5 nitrogen and oxygen atoms in total. The molecule has 7 heteroatoms. The zero-order valence-electron chi connectivity index (χ0n) is 16.7. The molecule has 0 heterocycles. The maximum atomic E-state index is 12.0. The van der Waals surface area contributed by atoms with Gasteiger partial charge in [0.1, 0.15) is 0 Å². The molecule has 0 aromatic heterocycles. The SMILES string of the molecule is C[N+](C)(CCCOC(=O)c1ccc(Br)cc1)CCCOC(=O)c1ccc(Br)cc1. The minimum Gasteiger partial charge on any atom is -0.462 e. The zero-order valence-corrected chi connectivity index (χ0v) is 19.9. The number of ether oxygens (including phenoxy) is 2. The van der Waals surface area contributed by atoms with E-state index in [9.17, 15) is 9.59 Å². The highest BCUT2D eigenvalue weighted by Crippen LogP contribution is 2.13. The molecule has 0 N–H and O–H groups in total. The lowest BCUT2D eigenvalue weighted by molar-refractivity contribution is -0.890. The molecule has 0 amide bonds. The Morgan fingerprint density at radius 3 is 1.41 bits per heavy atom. The fourth-order valence-electron chi connectivity index (χ4n) is 2.77. The Kier molecular flexibility index (Phi) is 9.33. The summed E-state index contributed by atoms with van der Waals surface area (Å²) in [6, 6.07) is 14.2. The van der Waals surface area contributed by atoms with Crippen LogP contribution in [0.15, 0.2) is 57.5 Å². The van der Waals surface area contributed by atoms with Gasteiger partial charge < -0.3 is 14.0 Å². The smallest absolute Gasteiger partial charge is 0.338 e. The molecule has 0 saturated heterocycles. The van der Waals surface area contributed by atoms with Crippen LogP contribution in [0.3, 0.4) is 0 Å². The van der Waals surface area contributed by atoms with Gasteiger partial charge >= 0.3 is 11.9 Å². The van der Waals surface area contributed by atoms with Gasteiger partial charge in [-0.15, -0.1) is 0 Å². The van der Waals surface area contributed by atoms with E-state index in [1.165, 1.54) is 0 Å². The van der Waals surface area contributed by atoms with Crippen LogP contribution >= 0.6 is 31.9 Å². The molecule has 2 aromatic carbocycles. The predicted octanol–water partition coefficient (Wildman–Crippen LogP) is 5.08. The van der Waals surface area contributed by atoms with Gasteiger partial charge in [-0.25, -0.2) is 9.59 Å². The van der Waals surface area contributed by atoms with E-state index in [2.05, 4.69) is 46.0 Å². The third-order valence-corrected chi connectivity index (χ3v) is 5.50. The van der Waals surface area contributed by atoms with Crippen LogP contribution in [0, 0.1) is 0 Å². The summed E-state index contributed by atoms with van der Waals surface area (Å²) in [4.78, 5) is 24.0. The minimum atomic E-state index is -0.303. The van der Waals surface area contributed by atoms with Gasteiger partial charge in [0.2, 0.25) is 0 Å². The van der Waals surface area contributed by atoms with Crippen molar-refractivity contribution in [3.05, 3.63) is 68.6 Å². The van der Waals surface area contributed by atoms with Crippen LogP contribution in [0.25, 0.3) is 0 Å². The Morgan fingerprint density at radius 1 is 0.724 bits per heavy atom. The molecular formula is C22H26Br2NO4+. The van der Waals surface area contributed by atoms with Crippen molar-refractivity contribution in [2.75, 3.05) is 40.4 Å². The maximum Gasteiger partial charge on any atom is 0.338 e. The summed E-state index contributed by atoms with van der Waals surface area (Å²) in [6.07, 6.45) is 1.54. The van der Waals surface area contributed by atoms with Crippen molar-refractivity contribution in [1.29, 1.82) is 0 Å². The summed E-state index contributed by atoms with van der Waals surface area (Å²) in [7, 11) is 4.24. The van der Waals surface area contributed by atoms with E-state index in [1.54, 1.807) is 24.3 Å². The first-order chi connectivity index (χ1) is 13.8. The van der Waals surface area contributed by atoms with Crippen LogP contribution in [0.1, 0.15) is 33.6 Å². The van der Waals surface area contributed by atoms with Gasteiger partial charge in [0.15, 0.2) is 0 Å². The van der Waals surface area contributed by atoms with Gasteiger partial charge in [0.25, 0.3) is 0 Å². The first-order valence-electron chi connectivity index (χ1n) is 9.44. The molecule has 0 bridgehead atoms. The van der Waals surface area contributed by atoms with Gasteiger partial charge in [0.05, 0.1) is 51.5 Å². The number of halogens is 2. The third kappa shape index (κ3) is 8.68. The van der Waals surface area contributed by atoms with Crippen LogP contribution < -0.4 is 0 Å². The van der Waals surface area contributed by atoms with Crippen molar-refractivity contribution in [3.63, 3.8) is 0 Å². The van der Waals surface area contributed by atoms with Crippen molar-refractivity contribution < 1.29 is 23.5 Å². The van der Waals surface area contributed by atoms with Crippen LogP contribution in [0.5, 0.6) is 0 Å². The van der Waals surface area contributed by atoms with Gasteiger partial charge in [-0.2, -0.15) is 0 Å². The Morgan fingerprint density at radius 2 is 1.07 bits per heavy atom. The Labute approximate surface area is 188 Å². The lowest BCUT2D eigenvalue weighted by Crippen LogP contribution is -2.42. The first-order valence-corrected chi connectivity index (χ1v) is 11.0. The topological polar surface area (TPSA) is 52.6 Å². The number of nitrogens with zero attached hydrogens (tertiary/aromatic N) is 1. The van der Waals surface area contributed by atoms with E-state index >= 15 is 0 Å². The zero-order chi connectivity index (χ0) is 21.3. The average molecular weight is 528 g/mol. The second kappa shape index (κ2) is 11.5. The lowest BCUT2D eigenvalue weighted by Gasteiger charge is -2.29. The number of carbonyl (C=O) groups is 2. The van der Waals surface area contributed by atoms with Crippen molar-refractivity contribution in [3.8, 4) is 0 Å². The summed E-state index contributed by atoms with van der Waals surface area (Å²) in [5.41, 5.74) is 1.10. The van der Waals surface area contributed by atoms with E-state index < -0.39 is 0 Å². The van der Waals surface area contributed by atoms with Crippen LogP contribution in [0.4, 0.5) is 0 Å². The number of quaternary nitrogens is 1. The molecule has 0 radical (unpaired) electrons. The van der Waals surface area contributed by atoms with Gasteiger partial charge in [-0.1, -0.05) is 31.9 Å². The summed E-state index contributed by atoms with van der Waals surface area (Å²) >= 11 is 6.69. The van der Waals surface area contributed by atoms with E-state index in [1.807, 2.05) is 24.3 Å². The van der Waals surface area contributed by atoms with Gasteiger partial charge in [-0.05, 0) is 48.5 Å². The average Bonchev–Trinajstić information content (AvgIpc) is 2.69. The second-order valence-corrected chi connectivity index (χ2v) is 9.21. The van der Waals surface area contributed by atoms with Crippen LogP contribution in [0.2, 0.25) is 0 Å². The van der Waals surface area contributed by atoms with Crippen molar-refractivity contribution in [2.24, 2.45) is 0 Å². The maximum absolute atomic E-state index is 12.0. The number of hydrogen-bond acceptors (Lipinski definition) is 4. The molecule has 0 unspecified atom stereocenters. The van der Waals surface area contributed by atoms with E-state index in [4.69, 9.17) is 9.47 Å². The summed E-state index contributed by atoms with van der Waals surface area (Å²) in [5.74, 6) is -0.606. The lowest BCUT2D eigenvalue weighted by atomic mass is 10.2. The Hall–Kier alpha value is -1.70. The largest absolute Gasteiger partial charge is 0.462 e. The molecule has 0 aliphatic carbocycles. The number of rotatable bonds is 10. The highest BCUT2D eigenvalue weighted by atomic mass is 79.9. The predicted molar refractivity (Wildman–Crippen MR) is 120 cm³/mol. The molecule has 0 aliphatic heterocycles. The molecule has 0 fully saturated rings. The molecule has 0 saturated carbocycles. The fourth-order valence-corrected chi connectivity index (χ4v) is 3.29. The van der Waals surface area contributed by atoms with E-state index in [-0.39, 0.29) is 11.9 Å². The summed E-state index contributed by atoms with van der Waals surface area (Å²) in [6.45, 7) is 2.51. The molecule has 29 heavy (non-hydrogen) atoms. The van der Waals surface area contributed by atoms with Crippen LogP contribution in [-0.2, 0) is 9.47 Å². The molecule has 156 valence electrons. The standard InChI is InChI=1S/C22H26Br2NO4/c1-25(2,13-3-15-28-21(26)17-5-9-19(23)10-6-17)14-4-16-29-22(27)18-7-11-20(24)12-8-18/h5-12H,3-4,13-16H2,1-2H3/q+1. The Bertz CT molecular complexity index is 737. The number of benzene rings is 2. The molecular weight excluding hydrogens is 502 g/mol. The second-order valence-electron chi connectivity index (χ2n) is 7.38. The summed E-state index contributed by atoms with van der Waals surface area (Å²) < 4.78 is 13.3. The van der Waals surface area contributed by atoms with Gasteiger partial charge in [0, 0.05) is 21.8 Å². The molecule has 0 atom stereocenters. The fraction of sp³-hybridized carbons (Fsp3) is 0.364. The number of hydrogen-bond donors (Lipinski definition) is 0. The van der Waals surface area contributed by atoms with E-state index in [0.717, 1.165) is 39.4 Å². The summed E-state index contributed by atoms with van der Waals surface area (Å²) in [5, 5.41) is 0. The van der Waals surface area contributed by atoms with Crippen molar-refractivity contribution >= 4 is 43.8 Å². The number of carbonyl (C=O) groups excluding carboxylic acids is 2. The monoisotopic (exact) mass is 526 g/mol. The molecule has 2 rings (SSSR count). The number of esters is 2. The third-order valence-electron chi connectivity index (χ3n) is 4.44. The normalized spacial score (nSPS) is 11.2. The molecule has 2 aromatic rings. The molecule has 0 aliphatic rings. The highest BCUT2D eigenvalue weighted by molar-refractivity contribution is 9.10. The van der Waals surface area contributed by atoms with Crippen molar-refractivity contribution in [2.45, 2.75) is 12.8 Å².